The molecule has 0 saturated carbocycles. The van der Waals surface area contributed by atoms with Gasteiger partial charge in [-0.3, -0.25) is 4.98 Å². The van der Waals surface area contributed by atoms with Gasteiger partial charge in [0.15, 0.2) is 0 Å². The molecule has 1 aliphatic rings. The van der Waals surface area contributed by atoms with E-state index in [1.807, 2.05) is 45.5 Å². The molecule has 0 spiro atoms. The normalized spacial score (nSPS) is 12.9. The molecule has 4 nitrogen and oxygen atoms in total. The standard InChI is InChI=1S/C20H19N3OS/c24-20(23-12-17-5-1-2-6-18(17)13-23)22(11-16-8-10-25-15-16)14-19-7-3-4-9-21-19/h1-10,15H,11-14H2. The van der Waals surface area contributed by atoms with Crippen molar-refractivity contribution in [3.05, 3.63) is 87.9 Å². The number of thiophene rings is 1. The van der Waals surface area contributed by atoms with Crippen LogP contribution in [-0.4, -0.2) is 20.8 Å². The van der Waals surface area contributed by atoms with Crippen LogP contribution in [0.5, 0.6) is 0 Å². The van der Waals surface area contributed by atoms with Crippen LogP contribution in [-0.2, 0) is 26.2 Å². The summed E-state index contributed by atoms with van der Waals surface area (Å²) in [5.74, 6) is 0. The number of rotatable bonds is 4. The van der Waals surface area contributed by atoms with Crippen molar-refractivity contribution in [1.82, 2.24) is 14.8 Å². The second kappa shape index (κ2) is 7.07. The lowest BCUT2D eigenvalue weighted by Gasteiger charge is -2.27. The van der Waals surface area contributed by atoms with E-state index in [0.717, 1.165) is 11.3 Å². The predicted molar refractivity (Wildman–Crippen MR) is 98.9 cm³/mol. The van der Waals surface area contributed by atoms with Gasteiger partial charge in [-0.25, -0.2) is 4.79 Å². The number of urea groups is 1. The summed E-state index contributed by atoms with van der Waals surface area (Å²) in [7, 11) is 0. The molecule has 0 fully saturated rings. The van der Waals surface area contributed by atoms with E-state index < -0.39 is 0 Å². The molecule has 5 heteroatoms. The lowest BCUT2D eigenvalue weighted by atomic mass is 10.1. The van der Waals surface area contributed by atoms with Crippen LogP contribution < -0.4 is 0 Å². The van der Waals surface area contributed by atoms with Crippen LogP contribution in [0.25, 0.3) is 0 Å². The Bertz CT molecular complexity index is 823. The first-order chi connectivity index (χ1) is 12.3. The van der Waals surface area contributed by atoms with E-state index in [-0.39, 0.29) is 6.03 Å². The maximum absolute atomic E-state index is 13.2. The molecule has 4 rings (SSSR count). The van der Waals surface area contributed by atoms with Gasteiger partial charge in [-0.15, -0.1) is 0 Å². The fourth-order valence-electron chi connectivity index (χ4n) is 3.15. The van der Waals surface area contributed by atoms with Gasteiger partial charge in [0.2, 0.25) is 0 Å². The van der Waals surface area contributed by atoms with E-state index in [4.69, 9.17) is 0 Å². The molecule has 0 aliphatic carbocycles. The molecule has 126 valence electrons. The van der Waals surface area contributed by atoms with Gasteiger partial charge in [0, 0.05) is 25.8 Å². The number of nitrogens with zero attached hydrogens (tertiary/aromatic N) is 3. The van der Waals surface area contributed by atoms with Crippen molar-refractivity contribution in [3.63, 3.8) is 0 Å². The van der Waals surface area contributed by atoms with Crippen LogP contribution in [0, 0.1) is 0 Å². The van der Waals surface area contributed by atoms with E-state index in [1.165, 1.54) is 11.1 Å². The van der Waals surface area contributed by atoms with E-state index in [9.17, 15) is 4.79 Å². The molecular formula is C20H19N3OS. The van der Waals surface area contributed by atoms with Crippen LogP contribution >= 0.6 is 11.3 Å². The van der Waals surface area contributed by atoms with Crippen molar-refractivity contribution in [3.8, 4) is 0 Å². The minimum absolute atomic E-state index is 0.0630. The summed E-state index contributed by atoms with van der Waals surface area (Å²) in [5.41, 5.74) is 4.54. The number of hydrogen-bond donors (Lipinski definition) is 0. The van der Waals surface area contributed by atoms with Crippen molar-refractivity contribution >= 4 is 17.4 Å². The van der Waals surface area contributed by atoms with E-state index in [2.05, 4.69) is 28.6 Å². The zero-order valence-corrected chi connectivity index (χ0v) is 14.7. The molecule has 0 radical (unpaired) electrons. The predicted octanol–water partition coefficient (Wildman–Crippen LogP) is 4.28. The van der Waals surface area contributed by atoms with Crippen LogP contribution in [0.15, 0.2) is 65.5 Å². The number of fused-ring (bicyclic) bond motifs is 1. The third-order valence-electron chi connectivity index (χ3n) is 4.41. The Kier molecular flexibility index (Phi) is 4.48. The quantitative estimate of drug-likeness (QED) is 0.705. The summed E-state index contributed by atoms with van der Waals surface area (Å²) in [4.78, 5) is 21.4. The Morgan fingerprint density at radius 2 is 1.80 bits per heavy atom. The molecule has 25 heavy (non-hydrogen) atoms. The molecular weight excluding hydrogens is 330 g/mol. The summed E-state index contributed by atoms with van der Waals surface area (Å²) < 4.78 is 0. The largest absolute Gasteiger partial charge is 0.321 e. The molecule has 0 atom stereocenters. The van der Waals surface area contributed by atoms with Gasteiger partial charge in [-0.1, -0.05) is 30.3 Å². The number of aromatic nitrogens is 1. The first-order valence-electron chi connectivity index (χ1n) is 8.31. The van der Waals surface area contributed by atoms with E-state index >= 15 is 0 Å². The molecule has 2 aromatic heterocycles. The third kappa shape index (κ3) is 3.56. The van der Waals surface area contributed by atoms with Crippen molar-refractivity contribution in [2.75, 3.05) is 0 Å². The van der Waals surface area contributed by atoms with E-state index in [0.29, 0.717) is 26.2 Å². The summed E-state index contributed by atoms with van der Waals surface area (Å²) >= 11 is 1.65. The van der Waals surface area contributed by atoms with Gasteiger partial charge in [0.25, 0.3) is 0 Å². The topological polar surface area (TPSA) is 36.4 Å². The highest BCUT2D eigenvalue weighted by molar-refractivity contribution is 7.07. The highest BCUT2D eigenvalue weighted by Crippen LogP contribution is 2.24. The SMILES string of the molecule is O=C(N(Cc1ccsc1)Cc1ccccn1)N1Cc2ccccc2C1. The zero-order chi connectivity index (χ0) is 17.1. The Hall–Kier alpha value is -2.66. The molecule has 0 N–H and O–H groups in total. The van der Waals surface area contributed by atoms with Crippen molar-refractivity contribution in [1.29, 1.82) is 0 Å². The number of amides is 2. The Morgan fingerprint density at radius 1 is 1.04 bits per heavy atom. The molecule has 0 saturated heterocycles. The molecule has 1 aliphatic heterocycles. The van der Waals surface area contributed by atoms with Crippen molar-refractivity contribution in [2.24, 2.45) is 0 Å². The zero-order valence-electron chi connectivity index (χ0n) is 13.8. The fraction of sp³-hybridized carbons (Fsp3) is 0.200. The highest BCUT2D eigenvalue weighted by atomic mass is 32.1. The smallest absolute Gasteiger partial charge is 0.316 e. The number of carbonyl (C=O) groups is 1. The Labute approximate surface area is 151 Å². The molecule has 2 amide bonds. The van der Waals surface area contributed by atoms with Gasteiger partial charge >= 0.3 is 6.03 Å². The summed E-state index contributed by atoms with van der Waals surface area (Å²) in [5, 5.41) is 4.14. The molecule has 0 unspecified atom stereocenters. The van der Waals surface area contributed by atoms with Crippen LogP contribution in [0.1, 0.15) is 22.4 Å². The first-order valence-corrected chi connectivity index (χ1v) is 9.25. The van der Waals surface area contributed by atoms with Gasteiger partial charge in [0.1, 0.15) is 0 Å². The Balaban J connectivity index is 1.54. The van der Waals surface area contributed by atoms with Crippen LogP contribution in [0.4, 0.5) is 4.79 Å². The number of pyridine rings is 1. The molecule has 1 aromatic carbocycles. The Morgan fingerprint density at radius 3 is 2.44 bits per heavy atom. The summed E-state index contributed by atoms with van der Waals surface area (Å²) in [6, 6.07) is 16.2. The highest BCUT2D eigenvalue weighted by Gasteiger charge is 2.27. The van der Waals surface area contributed by atoms with Crippen LogP contribution in [0.3, 0.4) is 0 Å². The second-order valence-corrected chi connectivity index (χ2v) is 7.00. The monoisotopic (exact) mass is 349 g/mol. The first kappa shape index (κ1) is 15.8. The second-order valence-electron chi connectivity index (χ2n) is 6.22. The van der Waals surface area contributed by atoms with Crippen molar-refractivity contribution in [2.45, 2.75) is 26.2 Å². The van der Waals surface area contributed by atoms with Gasteiger partial charge in [-0.05, 0) is 45.6 Å². The molecule has 3 aromatic rings. The van der Waals surface area contributed by atoms with Crippen LogP contribution in [0.2, 0.25) is 0 Å². The average molecular weight is 349 g/mol. The van der Waals surface area contributed by atoms with Gasteiger partial charge in [-0.2, -0.15) is 11.3 Å². The minimum atomic E-state index is 0.0630. The fourth-order valence-corrected chi connectivity index (χ4v) is 3.81. The lowest BCUT2D eigenvalue weighted by Crippen LogP contribution is -2.39. The number of benzene rings is 1. The van der Waals surface area contributed by atoms with Crippen molar-refractivity contribution < 1.29 is 4.79 Å². The molecule has 3 heterocycles. The van der Waals surface area contributed by atoms with E-state index in [1.54, 1.807) is 17.5 Å². The maximum Gasteiger partial charge on any atom is 0.321 e. The lowest BCUT2D eigenvalue weighted by molar-refractivity contribution is 0.146. The average Bonchev–Trinajstić information content (AvgIpc) is 3.30. The maximum atomic E-state index is 13.2. The summed E-state index contributed by atoms with van der Waals surface area (Å²) in [6.07, 6.45) is 1.77. The summed E-state index contributed by atoms with van der Waals surface area (Å²) in [6.45, 7) is 2.48. The molecule has 0 bridgehead atoms. The van der Waals surface area contributed by atoms with Gasteiger partial charge in [0.05, 0.1) is 12.2 Å². The minimum Gasteiger partial charge on any atom is -0.316 e. The number of hydrogen-bond acceptors (Lipinski definition) is 3. The van der Waals surface area contributed by atoms with Gasteiger partial charge < -0.3 is 9.80 Å². The third-order valence-corrected chi connectivity index (χ3v) is 5.15. The number of carbonyl (C=O) groups excluding carboxylic acids is 1.